The topological polar surface area (TPSA) is 173 Å². The molecule has 11 nitrogen and oxygen atoms in total. The summed E-state index contributed by atoms with van der Waals surface area (Å²) in [6.45, 7) is 1.33. The number of hydrogen-bond acceptors (Lipinski definition) is 8. The molecular formula is C39H42NO10P. The van der Waals surface area contributed by atoms with Gasteiger partial charge in [0.1, 0.15) is 17.3 Å². The summed E-state index contributed by atoms with van der Waals surface area (Å²) in [5.74, 6) is -2.46. The third kappa shape index (κ3) is 13.7. The number of nitrogens with one attached hydrogen (secondary N) is 1. The van der Waals surface area contributed by atoms with Crippen LogP contribution >= 0.6 is 7.82 Å². The zero-order chi connectivity index (χ0) is 36.8. The maximum absolute atomic E-state index is 14.0. The first-order valence-electron chi connectivity index (χ1n) is 16.7. The van der Waals surface area contributed by atoms with Crippen molar-refractivity contribution in [2.75, 3.05) is 6.61 Å². The van der Waals surface area contributed by atoms with Crippen molar-refractivity contribution in [1.29, 1.82) is 0 Å². The molecule has 0 aromatic heterocycles. The van der Waals surface area contributed by atoms with Crippen LogP contribution in [0.4, 0.5) is 0 Å². The highest BCUT2D eigenvalue weighted by atomic mass is 31.2. The molecule has 12 heteroatoms. The number of carbonyl (C=O) groups excluding carboxylic acids is 5. The van der Waals surface area contributed by atoms with Crippen LogP contribution in [0.2, 0.25) is 0 Å². The maximum atomic E-state index is 14.0. The Balaban J connectivity index is 1.49. The normalized spacial score (nSPS) is 12.5. The quantitative estimate of drug-likeness (QED) is 0.0589. The smallest absolute Gasteiger partial charge is 0.466 e. The van der Waals surface area contributed by atoms with E-state index in [2.05, 4.69) is 9.84 Å². The summed E-state index contributed by atoms with van der Waals surface area (Å²) in [5.41, 5.74) is 2.26. The molecule has 0 aliphatic rings. The van der Waals surface area contributed by atoms with E-state index in [-0.39, 0.29) is 81.1 Å². The predicted molar refractivity (Wildman–Crippen MR) is 191 cm³/mol. The van der Waals surface area contributed by atoms with E-state index < -0.39 is 31.7 Å². The van der Waals surface area contributed by atoms with Gasteiger partial charge in [0.25, 0.3) is 0 Å². The number of hydrogen-bond donors (Lipinski definition) is 3. The number of ketones is 3. The minimum atomic E-state index is -4.77. The molecule has 4 aromatic carbocycles. The zero-order valence-electron chi connectivity index (χ0n) is 28.4. The van der Waals surface area contributed by atoms with Crippen LogP contribution in [0.5, 0.6) is 5.75 Å². The van der Waals surface area contributed by atoms with Gasteiger partial charge in [0.15, 0.2) is 5.78 Å². The van der Waals surface area contributed by atoms with Gasteiger partial charge < -0.3 is 19.4 Å². The fraction of sp³-hybridized carbons (Fsp3) is 0.308. The van der Waals surface area contributed by atoms with Crippen molar-refractivity contribution < 1.29 is 47.6 Å². The van der Waals surface area contributed by atoms with Crippen LogP contribution in [-0.4, -0.2) is 51.7 Å². The fourth-order valence-corrected chi connectivity index (χ4v) is 6.03. The highest BCUT2D eigenvalue weighted by Crippen LogP contribution is 2.37. The third-order valence-corrected chi connectivity index (χ3v) is 8.64. The van der Waals surface area contributed by atoms with Crippen molar-refractivity contribution >= 4 is 47.8 Å². The maximum Gasteiger partial charge on any atom is 0.524 e. The number of ether oxygens (including phenoxy) is 1. The Bertz CT molecular complexity index is 1870. The summed E-state index contributed by atoms with van der Waals surface area (Å²) in [6.07, 6.45) is 0.562. The monoisotopic (exact) mass is 715 g/mol. The van der Waals surface area contributed by atoms with Crippen molar-refractivity contribution in [3.8, 4) is 5.75 Å². The molecule has 0 spiro atoms. The Labute approximate surface area is 296 Å². The molecule has 0 saturated carbocycles. The molecule has 3 N–H and O–H groups in total. The molecule has 0 fully saturated rings. The minimum absolute atomic E-state index is 0.0332. The second-order valence-corrected chi connectivity index (χ2v) is 13.6. The molecule has 0 aliphatic carbocycles. The molecule has 4 rings (SSSR count). The van der Waals surface area contributed by atoms with Crippen LogP contribution in [0.15, 0.2) is 97.1 Å². The number of esters is 1. The number of phosphoric ester groups is 1. The minimum Gasteiger partial charge on any atom is -0.466 e. The van der Waals surface area contributed by atoms with Gasteiger partial charge in [-0.15, -0.1) is 0 Å². The largest absolute Gasteiger partial charge is 0.524 e. The van der Waals surface area contributed by atoms with Crippen molar-refractivity contribution in [2.45, 2.75) is 64.3 Å². The molecule has 4 aromatic rings. The SMILES string of the molecule is CC(=O)CCC(=O)OCCCC(=O)[C@@H](Cc1ccc(OP(=O)(O)O)cc1)NC(=O)C(CC(=O)Cc1ccc2ccccc2c1)Cc1ccccc1. The van der Waals surface area contributed by atoms with Crippen LogP contribution in [0.1, 0.15) is 55.7 Å². The second kappa shape index (κ2) is 18.9. The molecule has 2 atom stereocenters. The lowest BCUT2D eigenvalue weighted by Gasteiger charge is -2.23. The van der Waals surface area contributed by atoms with Crippen LogP contribution in [0, 0.1) is 5.92 Å². The number of fused-ring (bicyclic) bond motifs is 1. The number of amides is 1. The van der Waals surface area contributed by atoms with Crippen LogP contribution in [-0.2, 0) is 52.5 Å². The average Bonchev–Trinajstić information content (AvgIpc) is 3.09. The first-order chi connectivity index (χ1) is 24.3. The van der Waals surface area contributed by atoms with E-state index in [1.807, 2.05) is 72.8 Å². The van der Waals surface area contributed by atoms with Crippen molar-refractivity contribution in [3.63, 3.8) is 0 Å². The third-order valence-electron chi connectivity index (χ3n) is 8.19. The van der Waals surface area contributed by atoms with Gasteiger partial charge in [0, 0.05) is 31.6 Å². The second-order valence-electron chi connectivity index (χ2n) is 12.5. The van der Waals surface area contributed by atoms with Gasteiger partial charge in [-0.25, -0.2) is 4.57 Å². The van der Waals surface area contributed by atoms with Crippen LogP contribution < -0.4 is 9.84 Å². The Morgan fingerprint density at radius 2 is 1.39 bits per heavy atom. The summed E-state index contributed by atoms with van der Waals surface area (Å²) >= 11 is 0. The van der Waals surface area contributed by atoms with Gasteiger partial charge >= 0.3 is 13.8 Å². The molecule has 0 heterocycles. The summed E-state index contributed by atoms with van der Waals surface area (Å²) in [4.78, 5) is 82.2. The Kier molecular flexibility index (Phi) is 14.4. The highest BCUT2D eigenvalue weighted by molar-refractivity contribution is 7.46. The van der Waals surface area contributed by atoms with E-state index in [4.69, 9.17) is 14.5 Å². The number of benzene rings is 4. The summed E-state index contributed by atoms with van der Waals surface area (Å²) < 4.78 is 21.0. The number of rotatable bonds is 20. The number of phosphoric acid groups is 1. The van der Waals surface area contributed by atoms with Gasteiger partial charge in [-0.2, -0.15) is 0 Å². The Morgan fingerprint density at radius 1 is 0.745 bits per heavy atom. The van der Waals surface area contributed by atoms with Gasteiger partial charge in [-0.1, -0.05) is 84.9 Å². The lowest BCUT2D eigenvalue weighted by Crippen LogP contribution is -2.46. The van der Waals surface area contributed by atoms with E-state index in [1.54, 1.807) is 0 Å². The lowest BCUT2D eigenvalue weighted by molar-refractivity contribution is -0.145. The van der Waals surface area contributed by atoms with E-state index in [1.165, 1.54) is 31.2 Å². The van der Waals surface area contributed by atoms with E-state index >= 15 is 0 Å². The first kappa shape index (κ1) is 38.8. The zero-order valence-corrected chi connectivity index (χ0v) is 29.3. The molecule has 1 amide bonds. The predicted octanol–water partition coefficient (Wildman–Crippen LogP) is 5.66. The molecule has 1 unspecified atom stereocenters. The van der Waals surface area contributed by atoms with Crippen molar-refractivity contribution in [3.05, 3.63) is 114 Å². The summed E-state index contributed by atoms with van der Waals surface area (Å²) in [5, 5.41) is 4.94. The van der Waals surface area contributed by atoms with Crippen molar-refractivity contribution in [2.24, 2.45) is 5.92 Å². The van der Waals surface area contributed by atoms with Gasteiger partial charge in [-0.05, 0) is 65.8 Å². The van der Waals surface area contributed by atoms with E-state index in [0.29, 0.717) is 5.56 Å². The van der Waals surface area contributed by atoms with Crippen LogP contribution in [0.25, 0.3) is 10.8 Å². The molecule has 0 saturated heterocycles. The first-order valence-corrected chi connectivity index (χ1v) is 18.2. The van der Waals surface area contributed by atoms with E-state index in [0.717, 1.165) is 21.9 Å². The van der Waals surface area contributed by atoms with Crippen LogP contribution in [0.3, 0.4) is 0 Å². The van der Waals surface area contributed by atoms with Gasteiger partial charge in [-0.3, -0.25) is 29.0 Å². The average molecular weight is 716 g/mol. The highest BCUT2D eigenvalue weighted by Gasteiger charge is 2.28. The summed E-state index contributed by atoms with van der Waals surface area (Å²) in [6, 6.07) is 27.7. The van der Waals surface area contributed by atoms with Gasteiger partial charge in [0.2, 0.25) is 5.91 Å². The Hall–Kier alpha value is -4.96. The molecule has 0 radical (unpaired) electrons. The number of Topliss-reactive ketones (excluding diaryl/α,β-unsaturated/α-hetero) is 3. The number of carbonyl (C=O) groups is 5. The van der Waals surface area contributed by atoms with E-state index in [9.17, 15) is 28.5 Å². The molecule has 0 aliphatic heterocycles. The van der Waals surface area contributed by atoms with Crippen molar-refractivity contribution in [1.82, 2.24) is 5.32 Å². The fourth-order valence-electron chi connectivity index (χ4n) is 5.63. The molecule has 268 valence electrons. The standard InChI is InChI=1S/C39H42NO10P/c1-27(41)13-20-38(44)49-21-7-12-37(43)36(25-29-15-18-35(19-16-29)50-51(46,47)48)40-39(45)33(22-28-8-3-2-4-9-28)26-34(42)24-30-14-17-31-10-5-6-11-32(31)23-30/h2-6,8-11,14-19,23,33,36H,7,12-13,20-22,24-26H2,1H3,(H,40,45)(H2,46,47,48)/t33?,36-/m1/s1. The van der Waals surface area contributed by atoms with Gasteiger partial charge in [0.05, 0.1) is 19.1 Å². The summed E-state index contributed by atoms with van der Waals surface area (Å²) in [7, 11) is -4.77. The molecule has 0 bridgehead atoms. The lowest BCUT2D eigenvalue weighted by atomic mass is 9.90. The Morgan fingerprint density at radius 3 is 2.08 bits per heavy atom. The molecular weight excluding hydrogens is 673 g/mol. The molecule has 51 heavy (non-hydrogen) atoms.